The van der Waals surface area contributed by atoms with Crippen LogP contribution in [0.25, 0.3) is 0 Å². The van der Waals surface area contributed by atoms with Crippen molar-refractivity contribution in [3.8, 4) is 0 Å². The average Bonchev–Trinajstić information content (AvgIpc) is 1.55. The maximum atomic E-state index is 2.54. The number of hydrogen-bond donors (Lipinski definition) is 0. The topological polar surface area (TPSA) is 0 Å². The third kappa shape index (κ3) is 25.5. The van der Waals surface area contributed by atoms with Crippen molar-refractivity contribution in [3.05, 3.63) is 0 Å². The van der Waals surface area contributed by atoms with Gasteiger partial charge in [0.1, 0.15) is 0 Å². The molecular formula is C109H198. The highest BCUT2D eigenvalue weighted by Gasteiger charge is 2.52. The summed E-state index contributed by atoms with van der Waals surface area (Å²) in [5, 5.41) is 0. The van der Waals surface area contributed by atoms with Gasteiger partial charge in [0.15, 0.2) is 0 Å². The van der Waals surface area contributed by atoms with Crippen molar-refractivity contribution in [2.75, 3.05) is 0 Å². The second-order valence-corrected chi connectivity index (χ2v) is 51.2. The molecule has 109 heavy (non-hydrogen) atoms. The van der Waals surface area contributed by atoms with Crippen LogP contribution in [0.2, 0.25) is 0 Å². The second kappa shape index (κ2) is 39.5. The van der Waals surface area contributed by atoms with E-state index in [0.717, 1.165) is 157 Å². The van der Waals surface area contributed by atoms with Gasteiger partial charge in [-0.3, -0.25) is 0 Å². The molecule has 634 valence electrons. The molecule has 14 bridgehead atoms. The van der Waals surface area contributed by atoms with Gasteiger partial charge in [-0.15, -0.1) is 0 Å². The molecule has 25 saturated carbocycles. The van der Waals surface area contributed by atoms with Crippen molar-refractivity contribution in [1.82, 2.24) is 0 Å². The summed E-state index contributed by atoms with van der Waals surface area (Å²) in [6.07, 6.45) is 92.3. The summed E-state index contributed by atoms with van der Waals surface area (Å²) >= 11 is 0. The molecule has 0 aromatic rings. The Balaban J connectivity index is 0.000000121. The quantitative estimate of drug-likeness (QED) is 0.259. The van der Waals surface area contributed by atoms with Gasteiger partial charge in [0.05, 0.1) is 0 Å². The van der Waals surface area contributed by atoms with Gasteiger partial charge < -0.3 is 0 Å². The number of rotatable bonds is 2. The van der Waals surface area contributed by atoms with Crippen LogP contribution in [0.15, 0.2) is 0 Å². The fourth-order valence-corrected chi connectivity index (χ4v) is 31.4. The van der Waals surface area contributed by atoms with Crippen LogP contribution in [0.4, 0.5) is 0 Å². The highest BCUT2D eigenvalue weighted by molar-refractivity contribution is 5.03. The highest BCUT2D eigenvalue weighted by Crippen LogP contribution is 2.63. The average molecular weight is 1510 g/mol. The first-order valence-corrected chi connectivity index (χ1v) is 51.6. The molecular weight excluding hydrogens is 1310 g/mol. The van der Waals surface area contributed by atoms with Gasteiger partial charge in [0.25, 0.3) is 0 Å². The van der Waals surface area contributed by atoms with E-state index in [2.05, 4.69) is 132 Å². The zero-order valence-corrected chi connectivity index (χ0v) is 78.1. The highest BCUT2D eigenvalue weighted by atomic mass is 14.6. The SMILES string of the molecule is CC(C)(C)C.CC12CC3CC(CC(C3)C1)C2.CC1C2CCC(CC2)[C@H]1C.CC1CCC(C2CCCCC2)CC1.CC1CCC2(CC1)CCC(C)(C)CC2.CC1CCC2(CCCC2)CC1.CC1CCC2(CCCCC2)CC1.CCC12CC3CC(CC(C3)C1)C2.C[C@@H]1C2CCC(CC2)C1(C)C.C[C@H]1CC2CCC1(C)CC2. The molecule has 0 nitrogen and oxygen atoms in total. The van der Waals surface area contributed by atoms with E-state index in [4.69, 9.17) is 0 Å². The Hall–Kier alpha value is 0. The third-order valence-electron chi connectivity index (χ3n) is 39.8. The van der Waals surface area contributed by atoms with Crippen molar-refractivity contribution < 1.29 is 0 Å². The first-order valence-electron chi connectivity index (χ1n) is 51.6. The summed E-state index contributed by atoms with van der Waals surface area (Å²) in [6, 6.07) is 0. The Kier molecular flexibility index (Phi) is 32.5. The lowest BCUT2D eigenvalue weighted by atomic mass is 9.49. The van der Waals surface area contributed by atoms with E-state index in [-0.39, 0.29) is 0 Å². The van der Waals surface area contributed by atoms with Gasteiger partial charge in [-0.25, -0.2) is 0 Å². The molecule has 25 aliphatic carbocycles. The van der Waals surface area contributed by atoms with Crippen molar-refractivity contribution in [1.29, 1.82) is 0 Å². The standard InChI is InChI=1S/C14H26.C13H24.C12H20.C12H22.C11H18.2C11H20.2C10H18.C5H12/c1-12-4-6-14(7-5-12)10-8-13(2,3)9-11-14;1-11-7-9-13(10-8-11)12-5-3-2-4-6-12;1-2-12-6-9-3-10(7-12)5-11(4-9)8-12;1-11-5-9-12(10-6-11)7-3-2-4-8-12;1-11-5-8-2-9(6-11)4-10(3-8)7-11;1-8-9-4-6-10(7-5-9)11(8,2)3;1-10-4-8-11(9-5-10)6-2-3-7-11;1-8-7-9-3-5-10(8,2)6-4-9;1-7-8(2)10-5-3-9(7)4-6-10;1-5(2,3)4/h12H,4-11H2,1-3H3;11-13H,2-10H2,1H3;9-11H,2-8H2,1H3;11H,2-10H2,1H3;8-10H,2-7H2,1H3;8-10H,4-7H2,1-3H3;10H,2-9H2,1H3;8-9H,3-7H2,1-2H3;7-10H,3-6H2,1-2H3;1-4H3/t;;;;;8-,9?,10?;;8-,9?,10?;7-,8?,9?,10?;/m.....1.00./s1. The molecule has 0 heterocycles. The number of fused-ring (bicyclic) bond motifs is 9. The van der Waals surface area contributed by atoms with Crippen LogP contribution in [0.3, 0.4) is 0 Å². The summed E-state index contributed by atoms with van der Waals surface area (Å²) < 4.78 is 0. The zero-order chi connectivity index (χ0) is 78.1. The van der Waals surface area contributed by atoms with E-state index in [0.29, 0.717) is 16.2 Å². The Morgan fingerprint density at radius 2 is 0.596 bits per heavy atom. The smallest absolute Gasteiger partial charge is 0.0292 e. The Morgan fingerprint density at radius 1 is 0.275 bits per heavy atom. The van der Waals surface area contributed by atoms with Crippen LogP contribution in [-0.4, -0.2) is 0 Å². The van der Waals surface area contributed by atoms with E-state index < -0.39 is 0 Å². The molecule has 3 spiro atoms. The van der Waals surface area contributed by atoms with E-state index in [1.165, 1.54) is 231 Å². The van der Waals surface area contributed by atoms with Crippen molar-refractivity contribution in [2.45, 2.75) is 517 Å². The third-order valence-corrected chi connectivity index (χ3v) is 39.8. The van der Waals surface area contributed by atoms with Gasteiger partial charge in [0.2, 0.25) is 0 Å². The fraction of sp³-hybridized carbons (Fsp3) is 1.00. The Bertz CT molecular complexity index is 2420. The van der Waals surface area contributed by atoms with Crippen LogP contribution < -0.4 is 0 Å². The molecule has 0 N–H and O–H groups in total. The molecule has 0 amide bonds. The molecule has 4 atom stereocenters. The summed E-state index contributed by atoms with van der Waals surface area (Å²) in [6.45, 7) is 45.6. The van der Waals surface area contributed by atoms with Crippen LogP contribution in [0, 0.1) is 173 Å². The summed E-state index contributed by atoms with van der Waals surface area (Å²) in [7, 11) is 0. The maximum absolute atomic E-state index is 2.54. The lowest BCUT2D eigenvalue weighted by molar-refractivity contribution is -0.0545. The molecule has 0 aliphatic heterocycles. The lowest BCUT2D eigenvalue weighted by Crippen LogP contribution is -2.45. The van der Waals surface area contributed by atoms with E-state index >= 15 is 0 Å². The zero-order valence-electron chi connectivity index (χ0n) is 78.1. The molecule has 0 radical (unpaired) electrons. The largest absolute Gasteiger partial charge is 0.0649 e. The van der Waals surface area contributed by atoms with Crippen LogP contribution in [-0.2, 0) is 0 Å². The van der Waals surface area contributed by atoms with Gasteiger partial charge in [-0.2, -0.15) is 0 Å². The van der Waals surface area contributed by atoms with E-state index in [1.807, 2.05) is 0 Å². The first kappa shape index (κ1) is 89.8. The predicted octanol–water partition coefficient (Wildman–Crippen LogP) is 35.7. The van der Waals surface area contributed by atoms with Crippen molar-refractivity contribution in [3.63, 3.8) is 0 Å². The minimum atomic E-state index is 0.500. The van der Waals surface area contributed by atoms with Crippen molar-refractivity contribution in [2.24, 2.45) is 173 Å². The van der Waals surface area contributed by atoms with Crippen LogP contribution in [0.1, 0.15) is 517 Å². The number of hydrogen-bond acceptors (Lipinski definition) is 0. The summed E-state index contributed by atoms with van der Waals surface area (Å²) in [5.74, 6) is 22.7. The van der Waals surface area contributed by atoms with Crippen LogP contribution >= 0.6 is 0 Å². The van der Waals surface area contributed by atoms with E-state index in [1.54, 1.807) is 154 Å². The fourth-order valence-electron chi connectivity index (χ4n) is 31.4. The van der Waals surface area contributed by atoms with Gasteiger partial charge in [0, 0.05) is 0 Å². The van der Waals surface area contributed by atoms with Crippen LogP contribution in [0.5, 0.6) is 0 Å². The molecule has 0 aromatic carbocycles. The normalized spacial score (nSPS) is 43.1. The monoisotopic (exact) mass is 1510 g/mol. The van der Waals surface area contributed by atoms with Gasteiger partial charge in [-0.05, 0) is 436 Å². The first-order chi connectivity index (χ1) is 51.6. The minimum Gasteiger partial charge on any atom is -0.0649 e. The maximum Gasteiger partial charge on any atom is -0.0292 e. The molecule has 0 heteroatoms. The van der Waals surface area contributed by atoms with E-state index in [9.17, 15) is 0 Å². The Morgan fingerprint density at radius 3 is 0.908 bits per heavy atom. The molecule has 0 saturated heterocycles. The molecule has 0 aromatic heterocycles. The Labute approximate surface area is 685 Å². The predicted molar refractivity (Wildman–Crippen MR) is 480 cm³/mol. The minimum absolute atomic E-state index is 0.500. The molecule has 25 fully saturated rings. The lowest BCUT2D eigenvalue weighted by Gasteiger charge is -2.56. The van der Waals surface area contributed by atoms with Gasteiger partial charge in [-0.1, -0.05) is 254 Å². The summed E-state index contributed by atoms with van der Waals surface area (Å²) in [4.78, 5) is 0. The van der Waals surface area contributed by atoms with Crippen molar-refractivity contribution >= 4 is 0 Å². The molecule has 1 unspecified atom stereocenters. The summed E-state index contributed by atoms with van der Waals surface area (Å²) in [5.41, 5.74) is 6.67. The second-order valence-electron chi connectivity index (χ2n) is 51.2. The van der Waals surface area contributed by atoms with Gasteiger partial charge >= 0.3 is 0 Å². The molecule has 25 rings (SSSR count). The molecule has 25 aliphatic rings.